The number of nitro benzene ring substituents is 1. The van der Waals surface area contributed by atoms with Crippen LogP contribution < -0.4 is 5.73 Å². The number of nitro groups is 1. The van der Waals surface area contributed by atoms with Gasteiger partial charge in [-0.2, -0.15) is 0 Å². The number of rotatable bonds is 8. The smallest absolute Gasteiger partial charge is 0.284 e. The zero-order valence-corrected chi connectivity index (χ0v) is 17.9. The minimum absolute atomic E-state index is 0. The summed E-state index contributed by atoms with van der Waals surface area (Å²) in [5, 5.41) is 19.7. The van der Waals surface area contributed by atoms with Crippen LogP contribution in [0.4, 0.5) is 5.69 Å². The van der Waals surface area contributed by atoms with Gasteiger partial charge >= 0.3 is 0 Å². The van der Waals surface area contributed by atoms with Crippen molar-refractivity contribution in [1.29, 1.82) is 0 Å². The summed E-state index contributed by atoms with van der Waals surface area (Å²) >= 11 is 1.13. The zero-order valence-electron chi connectivity index (χ0n) is 16.2. The molecular formula is C17H25ClN6O3S. The average molecular weight is 429 g/mol. The molecule has 0 aliphatic heterocycles. The number of nitrogens with two attached hydrogens (primary N) is 1. The average Bonchev–Trinajstić information content (AvgIpc) is 3.03. The number of hydrogen-bond acceptors (Lipinski definition) is 7. The lowest BCUT2D eigenvalue weighted by molar-refractivity contribution is -0.387. The molecule has 2 rings (SSSR count). The molecule has 2 aromatic rings. The van der Waals surface area contributed by atoms with E-state index in [0.29, 0.717) is 28.9 Å². The van der Waals surface area contributed by atoms with Gasteiger partial charge in [0, 0.05) is 38.3 Å². The highest BCUT2D eigenvalue weighted by atomic mass is 35.5. The number of aromatic nitrogens is 3. The molecule has 28 heavy (non-hydrogen) atoms. The summed E-state index contributed by atoms with van der Waals surface area (Å²) in [6.07, 6.45) is 2.19. The summed E-state index contributed by atoms with van der Waals surface area (Å²) in [6.45, 7) is 4.55. The van der Waals surface area contributed by atoms with Crippen molar-refractivity contribution in [2.75, 3.05) is 13.6 Å². The van der Waals surface area contributed by atoms with Crippen molar-refractivity contribution in [3.63, 3.8) is 0 Å². The van der Waals surface area contributed by atoms with Crippen molar-refractivity contribution < 1.29 is 9.72 Å². The van der Waals surface area contributed by atoms with Gasteiger partial charge in [-0.3, -0.25) is 14.9 Å². The summed E-state index contributed by atoms with van der Waals surface area (Å²) < 4.78 is 1.67. The maximum Gasteiger partial charge on any atom is 0.284 e. The first kappa shape index (κ1) is 23.9. The van der Waals surface area contributed by atoms with Crippen LogP contribution in [-0.4, -0.2) is 50.1 Å². The minimum atomic E-state index is -0.496. The second kappa shape index (κ2) is 10.4. The predicted molar refractivity (Wildman–Crippen MR) is 110 cm³/mol. The first-order valence-electron chi connectivity index (χ1n) is 8.52. The minimum Gasteiger partial charge on any atom is -0.342 e. The Labute approximate surface area is 174 Å². The van der Waals surface area contributed by atoms with Gasteiger partial charge in [-0.15, -0.1) is 22.6 Å². The van der Waals surface area contributed by atoms with Crippen molar-refractivity contribution in [2.24, 2.45) is 18.7 Å². The molecule has 154 valence electrons. The molecule has 0 spiro atoms. The molecule has 1 amide bonds. The molecule has 1 aromatic carbocycles. The normalized spacial score (nSPS) is 11.8. The number of carbonyl (C=O) groups excluding carboxylic acids is 1. The molecule has 0 fully saturated rings. The molecule has 1 unspecified atom stereocenters. The van der Waals surface area contributed by atoms with E-state index in [9.17, 15) is 14.9 Å². The third-order valence-electron chi connectivity index (χ3n) is 4.27. The van der Waals surface area contributed by atoms with E-state index in [1.807, 2.05) is 13.8 Å². The van der Waals surface area contributed by atoms with Crippen LogP contribution in [0.5, 0.6) is 0 Å². The largest absolute Gasteiger partial charge is 0.342 e. The molecule has 9 nitrogen and oxygen atoms in total. The van der Waals surface area contributed by atoms with Crippen LogP contribution in [0.3, 0.4) is 0 Å². The number of nitrogens with zero attached hydrogens (tertiary/aromatic N) is 5. The maximum atomic E-state index is 12.6. The van der Waals surface area contributed by atoms with E-state index in [-0.39, 0.29) is 35.6 Å². The van der Waals surface area contributed by atoms with E-state index in [1.54, 1.807) is 30.8 Å². The fourth-order valence-electron chi connectivity index (χ4n) is 2.34. The number of benzene rings is 1. The summed E-state index contributed by atoms with van der Waals surface area (Å²) in [5.74, 6) is 0.0516. The summed E-state index contributed by atoms with van der Waals surface area (Å²) in [6, 6.07) is 4.46. The van der Waals surface area contributed by atoms with Gasteiger partial charge in [0.2, 0.25) is 0 Å². The number of carbonyl (C=O) groups is 1. The molecule has 1 aromatic heterocycles. The summed E-state index contributed by atoms with van der Waals surface area (Å²) in [7, 11) is 3.42. The van der Waals surface area contributed by atoms with Gasteiger partial charge < -0.3 is 15.2 Å². The number of amides is 1. The van der Waals surface area contributed by atoms with Crippen molar-refractivity contribution in [3.8, 4) is 0 Å². The molecule has 2 N–H and O–H groups in total. The third-order valence-corrected chi connectivity index (χ3v) is 5.39. The Morgan fingerprint density at radius 1 is 1.43 bits per heavy atom. The Morgan fingerprint density at radius 2 is 2.11 bits per heavy atom. The van der Waals surface area contributed by atoms with Crippen molar-refractivity contribution in [3.05, 3.63) is 40.2 Å². The van der Waals surface area contributed by atoms with Gasteiger partial charge in [0.25, 0.3) is 11.6 Å². The molecule has 1 atom stereocenters. The van der Waals surface area contributed by atoms with Crippen LogP contribution in [0.15, 0.2) is 34.6 Å². The highest BCUT2D eigenvalue weighted by Gasteiger charge is 2.22. The van der Waals surface area contributed by atoms with Gasteiger partial charge in [0.1, 0.15) is 6.33 Å². The van der Waals surface area contributed by atoms with Crippen molar-refractivity contribution >= 4 is 35.8 Å². The Balaban J connectivity index is 0.00000392. The fraction of sp³-hybridized carbons (Fsp3) is 0.471. The topological polar surface area (TPSA) is 120 Å². The fourth-order valence-corrected chi connectivity index (χ4v) is 3.19. The van der Waals surface area contributed by atoms with Gasteiger partial charge in [-0.05, 0) is 36.2 Å². The standard InChI is InChI=1S/C17H24N6O3S.ClH/c1-11(2)13(18)7-8-21(3)16(24)12-5-6-15(14(9-12)23(25)26)27-17-20-19-10-22(17)4;/h5-6,9-11,13H,7-8,18H2,1-4H3;1H. The molecule has 11 heteroatoms. The Kier molecular flexibility index (Phi) is 8.86. The predicted octanol–water partition coefficient (Wildman–Crippen LogP) is 2.74. The second-order valence-corrected chi connectivity index (χ2v) is 7.70. The quantitative estimate of drug-likeness (QED) is 0.506. The Bertz CT molecular complexity index is 829. The molecule has 1 heterocycles. The van der Waals surface area contributed by atoms with Gasteiger partial charge in [0.15, 0.2) is 5.16 Å². The van der Waals surface area contributed by atoms with Crippen LogP contribution in [0, 0.1) is 16.0 Å². The SMILES string of the molecule is CC(C)C(N)CCN(C)C(=O)c1ccc(Sc2nncn2C)c([N+](=O)[O-])c1.Cl. The summed E-state index contributed by atoms with van der Waals surface area (Å²) in [4.78, 5) is 25.5. The number of halogens is 1. The summed E-state index contributed by atoms with van der Waals surface area (Å²) in [5.41, 5.74) is 6.15. The van der Waals surface area contributed by atoms with E-state index in [0.717, 1.165) is 11.8 Å². The van der Waals surface area contributed by atoms with E-state index in [4.69, 9.17) is 5.73 Å². The maximum absolute atomic E-state index is 12.6. The Morgan fingerprint density at radius 3 is 2.64 bits per heavy atom. The van der Waals surface area contributed by atoms with Crippen molar-refractivity contribution in [1.82, 2.24) is 19.7 Å². The van der Waals surface area contributed by atoms with Gasteiger partial charge in [-0.1, -0.05) is 13.8 Å². The van der Waals surface area contributed by atoms with Crippen LogP contribution in [0.2, 0.25) is 0 Å². The van der Waals surface area contributed by atoms with Crippen LogP contribution in [-0.2, 0) is 7.05 Å². The molecule has 0 saturated heterocycles. The molecule has 0 aliphatic carbocycles. The highest BCUT2D eigenvalue weighted by molar-refractivity contribution is 7.99. The first-order valence-corrected chi connectivity index (χ1v) is 9.33. The Hall–Kier alpha value is -2.17. The van der Waals surface area contributed by atoms with Gasteiger partial charge in [0.05, 0.1) is 9.82 Å². The lowest BCUT2D eigenvalue weighted by atomic mass is 10.0. The molecule has 0 bridgehead atoms. The van der Waals surface area contributed by atoms with Crippen LogP contribution in [0.25, 0.3) is 0 Å². The number of aryl methyl sites for hydroxylation is 1. The van der Waals surface area contributed by atoms with E-state index < -0.39 is 4.92 Å². The third kappa shape index (κ3) is 5.91. The highest BCUT2D eigenvalue weighted by Crippen LogP contribution is 2.34. The van der Waals surface area contributed by atoms with Gasteiger partial charge in [-0.25, -0.2) is 0 Å². The lowest BCUT2D eigenvalue weighted by Gasteiger charge is -2.21. The molecule has 0 radical (unpaired) electrons. The molecular weight excluding hydrogens is 404 g/mol. The van der Waals surface area contributed by atoms with E-state index in [1.165, 1.54) is 17.3 Å². The molecule has 0 aliphatic rings. The van der Waals surface area contributed by atoms with E-state index >= 15 is 0 Å². The monoisotopic (exact) mass is 428 g/mol. The van der Waals surface area contributed by atoms with Crippen LogP contribution in [0.1, 0.15) is 30.6 Å². The van der Waals surface area contributed by atoms with Crippen LogP contribution >= 0.6 is 24.2 Å². The van der Waals surface area contributed by atoms with Crippen molar-refractivity contribution in [2.45, 2.75) is 36.4 Å². The first-order chi connectivity index (χ1) is 12.7. The number of hydrogen-bond donors (Lipinski definition) is 1. The second-order valence-electron chi connectivity index (χ2n) is 6.69. The van der Waals surface area contributed by atoms with E-state index in [2.05, 4.69) is 10.2 Å². The lowest BCUT2D eigenvalue weighted by Crippen LogP contribution is -2.34. The zero-order chi connectivity index (χ0) is 20.1. The molecule has 0 saturated carbocycles.